The molecule has 2 heterocycles. The van der Waals surface area contributed by atoms with E-state index in [1.54, 1.807) is 28.6 Å². The molecule has 1 fully saturated rings. The van der Waals surface area contributed by atoms with Gasteiger partial charge in [-0.1, -0.05) is 89.6 Å². The molecular weight excluding hydrogens is 445 g/mol. The van der Waals surface area contributed by atoms with Gasteiger partial charge >= 0.3 is 0 Å². The van der Waals surface area contributed by atoms with Crippen LogP contribution < -0.4 is 0 Å². The van der Waals surface area contributed by atoms with Crippen molar-refractivity contribution in [1.29, 1.82) is 0 Å². The van der Waals surface area contributed by atoms with E-state index in [0.29, 0.717) is 17.1 Å². The molecule has 0 amide bonds. The lowest BCUT2D eigenvalue weighted by molar-refractivity contribution is 0.251. The first kappa shape index (κ1) is 21.2. The Morgan fingerprint density at radius 2 is 1.94 bits per heavy atom. The Balaban J connectivity index is 1.46. The third kappa shape index (κ3) is 4.18. The van der Waals surface area contributed by atoms with Crippen molar-refractivity contribution < 1.29 is 9.13 Å². The van der Waals surface area contributed by atoms with Gasteiger partial charge in [-0.05, 0) is 30.2 Å². The number of hydrogen-bond donors (Lipinski definition) is 0. The van der Waals surface area contributed by atoms with Crippen molar-refractivity contribution in [3.05, 3.63) is 112 Å². The lowest BCUT2D eigenvalue weighted by atomic mass is 9.90. The van der Waals surface area contributed by atoms with Gasteiger partial charge in [0.15, 0.2) is 5.16 Å². The molecule has 0 spiro atoms. The second kappa shape index (κ2) is 8.70. The predicted molar refractivity (Wildman–Crippen MR) is 124 cm³/mol. The molecule has 2 unspecified atom stereocenters. The van der Waals surface area contributed by atoms with Crippen LogP contribution in [0.3, 0.4) is 0 Å². The van der Waals surface area contributed by atoms with Crippen LogP contribution in [0.5, 0.6) is 0 Å². The van der Waals surface area contributed by atoms with Gasteiger partial charge in [0.25, 0.3) is 0 Å². The Morgan fingerprint density at radius 3 is 2.72 bits per heavy atom. The van der Waals surface area contributed by atoms with Crippen LogP contribution in [-0.4, -0.2) is 14.8 Å². The van der Waals surface area contributed by atoms with Crippen molar-refractivity contribution in [2.75, 3.05) is 0 Å². The maximum absolute atomic E-state index is 15.0. The average Bonchev–Trinajstić information content (AvgIpc) is 3.34. The minimum absolute atomic E-state index is 0.283. The highest BCUT2D eigenvalue weighted by atomic mass is 35.5. The molecule has 4 nitrogen and oxygen atoms in total. The highest BCUT2D eigenvalue weighted by molar-refractivity contribution is 7.98. The fraction of sp³-hybridized carbons (Fsp3) is 0.200. The summed E-state index contributed by atoms with van der Waals surface area (Å²) in [5.41, 5.74) is 2.94. The van der Waals surface area contributed by atoms with E-state index in [9.17, 15) is 0 Å². The summed E-state index contributed by atoms with van der Waals surface area (Å²) in [6, 6.07) is 23.0. The molecule has 1 aliphatic heterocycles. The number of rotatable bonds is 7. The molecule has 4 aromatic rings. The van der Waals surface area contributed by atoms with Gasteiger partial charge in [-0.3, -0.25) is 0 Å². The maximum Gasteiger partial charge on any atom is 0.186 e. The number of thioether (sulfide) groups is 1. The number of epoxide rings is 1. The molecule has 7 heteroatoms. The Kier molecular flexibility index (Phi) is 5.76. The van der Waals surface area contributed by atoms with Crippen LogP contribution in [-0.2, 0) is 22.6 Å². The van der Waals surface area contributed by atoms with E-state index in [-0.39, 0.29) is 11.9 Å². The largest absolute Gasteiger partial charge is 0.354 e. The van der Waals surface area contributed by atoms with Gasteiger partial charge in [-0.15, -0.1) is 0 Å². The third-order valence-electron chi connectivity index (χ3n) is 5.60. The molecule has 0 aliphatic carbocycles. The molecule has 2 atom stereocenters. The summed E-state index contributed by atoms with van der Waals surface area (Å²) >= 11 is 7.61. The third-order valence-corrected chi connectivity index (χ3v) is 6.89. The van der Waals surface area contributed by atoms with Crippen molar-refractivity contribution in [3.8, 4) is 0 Å². The fourth-order valence-corrected chi connectivity index (χ4v) is 5.04. The normalized spacial score (nSPS) is 19.8. The number of aryl methyl sites for hydroxylation is 1. The van der Waals surface area contributed by atoms with Gasteiger partial charge in [-0.25, -0.2) is 14.1 Å². The van der Waals surface area contributed by atoms with Crippen molar-refractivity contribution in [2.45, 2.75) is 36.1 Å². The fourth-order valence-electron chi connectivity index (χ4n) is 4.01. The van der Waals surface area contributed by atoms with Gasteiger partial charge in [0.05, 0.1) is 6.54 Å². The zero-order chi connectivity index (χ0) is 22.1. The molecule has 0 N–H and O–H groups in total. The molecule has 3 aromatic carbocycles. The number of benzene rings is 3. The van der Waals surface area contributed by atoms with Crippen LogP contribution >= 0.6 is 23.4 Å². The van der Waals surface area contributed by atoms with Crippen molar-refractivity contribution in [1.82, 2.24) is 14.8 Å². The van der Waals surface area contributed by atoms with E-state index in [1.165, 1.54) is 18.0 Å². The highest BCUT2D eigenvalue weighted by Crippen LogP contribution is 2.59. The summed E-state index contributed by atoms with van der Waals surface area (Å²) in [7, 11) is 0. The first-order valence-electron chi connectivity index (χ1n) is 10.3. The topological polar surface area (TPSA) is 43.2 Å². The molecule has 1 aromatic heterocycles. The molecular formula is C25H21ClFN3OS. The predicted octanol–water partition coefficient (Wildman–Crippen LogP) is 6.34. The standard InChI is InChI=1S/C25H21ClFN3OS/c1-17-6-5-9-19(12-17)23-25(31-23,21-11-10-20(26)13-22(21)27)15-30-24(28-16-29-30)32-14-18-7-3-2-4-8-18/h2-13,16,23H,14-15H2,1H3. The summed E-state index contributed by atoms with van der Waals surface area (Å²) < 4.78 is 23.1. The lowest BCUT2D eigenvalue weighted by Gasteiger charge is -2.16. The molecule has 1 saturated heterocycles. The average molecular weight is 466 g/mol. The molecule has 0 saturated carbocycles. The summed E-state index contributed by atoms with van der Waals surface area (Å²) in [6.45, 7) is 2.38. The van der Waals surface area contributed by atoms with Gasteiger partial charge < -0.3 is 4.74 Å². The quantitative estimate of drug-likeness (QED) is 0.236. The Hall–Kier alpha value is -2.67. The maximum atomic E-state index is 15.0. The number of nitrogens with zero attached hydrogens (tertiary/aromatic N) is 3. The van der Waals surface area contributed by atoms with Crippen LogP contribution in [0.1, 0.15) is 28.4 Å². The highest BCUT2D eigenvalue weighted by Gasteiger charge is 2.60. The second-order valence-corrected chi connectivity index (χ2v) is 9.28. The van der Waals surface area contributed by atoms with E-state index in [0.717, 1.165) is 22.0 Å². The minimum Gasteiger partial charge on any atom is -0.354 e. The molecule has 32 heavy (non-hydrogen) atoms. The monoisotopic (exact) mass is 465 g/mol. The first-order valence-corrected chi connectivity index (χ1v) is 11.7. The molecule has 0 bridgehead atoms. The van der Waals surface area contributed by atoms with Crippen LogP contribution in [0.15, 0.2) is 84.3 Å². The first-order chi connectivity index (χ1) is 15.5. The smallest absolute Gasteiger partial charge is 0.186 e. The van der Waals surface area contributed by atoms with Crippen LogP contribution in [0.4, 0.5) is 4.39 Å². The van der Waals surface area contributed by atoms with Gasteiger partial charge in [0.2, 0.25) is 0 Å². The molecule has 1 aliphatic rings. The minimum atomic E-state index is -0.877. The van der Waals surface area contributed by atoms with E-state index in [2.05, 4.69) is 28.3 Å². The Morgan fingerprint density at radius 1 is 1.09 bits per heavy atom. The summed E-state index contributed by atoms with van der Waals surface area (Å²) in [5.74, 6) is 0.385. The van der Waals surface area contributed by atoms with E-state index < -0.39 is 5.60 Å². The van der Waals surface area contributed by atoms with Crippen molar-refractivity contribution in [2.24, 2.45) is 0 Å². The second-order valence-electron chi connectivity index (χ2n) is 7.90. The number of aromatic nitrogens is 3. The molecule has 0 radical (unpaired) electrons. The number of halogens is 2. The van der Waals surface area contributed by atoms with E-state index in [1.807, 2.05) is 43.3 Å². The van der Waals surface area contributed by atoms with Crippen molar-refractivity contribution >= 4 is 23.4 Å². The van der Waals surface area contributed by atoms with E-state index in [4.69, 9.17) is 16.3 Å². The summed E-state index contributed by atoms with van der Waals surface area (Å²) in [4.78, 5) is 4.43. The van der Waals surface area contributed by atoms with Gasteiger partial charge in [0, 0.05) is 16.3 Å². The van der Waals surface area contributed by atoms with Gasteiger partial charge in [-0.2, -0.15) is 5.10 Å². The Labute approximate surface area is 195 Å². The number of ether oxygens (including phenoxy) is 1. The van der Waals surface area contributed by atoms with Crippen LogP contribution in [0.2, 0.25) is 5.02 Å². The SMILES string of the molecule is Cc1cccc(C2OC2(Cn2ncnc2SCc2ccccc2)c2ccc(Cl)cc2F)c1. The summed E-state index contributed by atoms with van der Waals surface area (Å²) in [6.07, 6.45) is 1.25. The Bertz CT molecular complexity index is 1250. The number of hydrogen-bond acceptors (Lipinski definition) is 4. The summed E-state index contributed by atoms with van der Waals surface area (Å²) in [5, 5.41) is 5.55. The van der Waals surface area contributed by atoms with Crippen LogP contribution in [0.25, 0.3) is 0 Å². The molecule has 162 valence electrons. The van der Waals surface area contributed by atoms with E-state index >= 15 is 4.39 Å². The zero-order valence-electron chi connectivity index (χ0n) is 17.4. The van der Waals surface area contributed by atoms with Crippen molar-refractivity contribution in [3.63, 3.8) is 0 Å². The van der Waals surface area contributed by atoms with Crippen LogP contribution in [0, 0.1) is 12.7 Å². The van der Waals surface area contributed by atoms with Gasteiger partial charge in [0.1, 0.15) is 23.8 Å². The lowest BCUT2D eigenvalue weighted by Crippen LogP contribution is -2.22. The zero-order valence-corrected chi connectivity index (χ0v) is 19.0. The molecule has 5 rings (SSSR count).